The molecule has 10 heteroatoms. The smallest absolute Gasteiger partial charge is 0.338 e. The van der Waals surface area contributed by atoms with E-state index in [0.29, 0.717) is 33.5 Å². The number of esters is 1. The van der Waals surface area contributed by atoms with Crippen LogP contribution in [0.5, 0.6) is 0 Å². The molecule has 4 aromatic rings. The number of anilines is 1. The summed E-state index contributed by atoms with van der Waals surface area (Å²) in [6.07, 6.45) is 3.68. The van der Waals surface area contributed by atoms with E-state index >= 15 is 0 Å². The zero-order chi connectivity index (χ0) is 23.4. The van der Waals surface area contributed by atoms with Gasteiger partial charge in [0.2, 0.25) is 10.7 Å². The standard InChI is InChI=1S/C23H20ClN5O3S/c1-2-32-22(31)17-7-11-19(12-8-17)25-20(30)15-28-23(33)29(27-13-3-4-14-27)21(26-28)16-5-9-18(24)10-6-16/h3-14H,2,15H2,1H3,(H,25,30). The van der Waals surface area contributed by atoms with Crippen LogP contribution >= 0.6 is 23.8 Å². The molecule has 0 radical (unpaired) electrons. The summed E-state index contributed by atoms with van der Waals surface area (Å²) < 4.78 is 10.3. The topological polar surface area (TPSA) is 83.1 Å². The van der Waals surface area contributed by atoms with Gasteiger partial charge in [0, 0.05) is 28.7 Å². The number of benzene rings is 2. The van der Waals surface area contributed by atoms with E-state index in [4.69, 9.17) is 28.6 Å². The Labute approximate surface area is 200 Å². The van der Waals surface area contributed by atoms with Crippen LogP contribution < -0.4 is 5.32 Å². The molecule has 1 amide bonds. The van der Waals surface area contributed by atoms with Crippen molar-refractivity contribution in [2.45, 2.75) is 13.5 Å². The fourth-order valence-corrected chi connectivity index (χ4v) is 3.60. The number of rotatable bonds is 7. The molecule has 0 saturated carbocycles. The second kappa shape index (κ2) is 9.85. The monoisotopic (exact) mass is 481 g/mol. The van der Waals surface area contributed by atoms with Gasteiger partial charge in [0.15, 0.2) is 5.82 Å². The minimum absolute atomic E-state index is 0.0900. The number of amides is 1. The van der Waals surface area contributed by atoms with Crippen LogP contribution in [-0.4, -0.2) is 37.6 Å². The maximum Gasteiger partial charge on any atom is 0.338 e. The van der Waals surface area contributed by atoms with Crippen LogP contribution in [0.4, 0.5) is 5.69 Å². The Balaban J connectivity index is 1.57. The molecule has 0 saturated heterocycles. The minimum atomic E-state index is -0.410. The lowest BCUT2D eigenvalue weighted by Gasteiger charge is -2.08. The molecule has 4 rings (SSSR count). The Morgan fingerprint density at radius 3 is 2.36 bits per heavy atom. The Bertz CT molecular complexity index is 1330. The van der Waals surface area contributed by atoms with Crippen molar-refractivity contribution in [1.29, 1.82) is 0 Å². The molecule has 2 aromatic carbocycles. The number of aromatic nitrogens is 4. The van der Waals surface area contributed by atoms with Crippen LogP contribution in [-0.2, 0) is 16.1 Å². The molecule has 33 heavy (non-hydrogen) atoms. The molecule has 1 N–H and O–H groups in total. The highest BCUT2D eigenvalue weighted by Crippen LogP contribution is 2.21. The fourth-order valence-electron chi connectivity index (χ4n) is 3.19. The van der Waals surface area contributed by atoms with E-state index in [1.807, 2.05) is 36.7 Å². The number of carbonyl (C=O) groups excluding carboxylic acids is 2. The molecule has 2 aromatic heterocycles. The summed E-state index contributed by atoms with van der Waals surface area (Å²) >= 11 is 11.7. The Morgan fingerprint density at radius 2 is 1.73 bits per heavy atom. The van der Waals surface area contributed by atoms with E-state index in [1.165, 1.54) is 4.68 Å². The molecular formula is C23H20ClN5O3S. The van der Waals surface area contributed by atoms with Crippen LogP contribution in [0.15, 0.2) is 73.1 Å². The van der Waals surface area contributed by atoms with Gasteiger partial charge >= 0.3 is 5.97 Å². The first kappa shape index (κ1) is 22.5. The Hall–Kier alpha value is -3.69. The maximum atomic E-state index is 12.7. The highest BCUT2D eigenvalue weighted by molar-refractivity contribution is 7.71. The number of carbonyl (C=O) groups is 2. The maximum absolute atomic E-state index is 12.7. The SMILES string of the molecule is CCOC(=O)c1ccc(NC(=O)Cn2nc(-c3ccc(Cl)cc3)n(-n3cccc3)c2=S)cc1. The Morgan fingerprint density at radius 1 is 1.06 bits per heavy atom. The van der Waals surface area contributed by atoms with Crippen LogP contribution in [0, 0.1) is 4.77 Å². The summed E-state index contributed by atoms with van der Waals surface area (Å²) in [5.74, 6) is -0.152. The molecule has 0 spiro atoms. The average molecular weight is 482 g/mol. The van der Waals surface area contributed by atoms with E-state index in [2.05, 4.69) is 10.4 Å². The number of hydrogen-bond donors (Lipinski definition) is 1. The van der Waals surface area contributed by atoms with Gasteiger partial charge in [0.25, 0.3) is 0 Å². The lowest BCUT2D eigenvalue weighted by molar-refractivity contribution is -0.116. The first-order valence-electron chi connectivity index (χ1n) is 10.1. The van der Waals surface area contributed by atoms with Gasteiger partial charge in [-0.3, -0.25) is 9.47 Å². The van der Waals surface area contributed by atoms with Crippen molar-refractivity contribution in [2.24, 2.45) is 0 Å². The summed E-state index contributed by atoms with van der Waals surface area (Å²) in [5.41, 5.74) is 1.75. The van der Waals surface area contributed by atoms with Crippen molar-refractivity contribution in [3.05, 3.63) is 88.4 Å². The van der Waals surface area contributed by atoms with Crippen LogP contribution in [0.3, 0.4) is 0 Å². The van der Waals surface area contributed by atoms with Gasteiger partial charge in [-0.15, -0.1) is 5.10 Å². The minimum Gasteiger partial charge on any atom is -0.462 e. The predicted octanol–water partition coefficient (Wildman–Crippen LogP) is 4.66. The zero-order valence-electron chi connectivity index (χ0n) is 17.6. The largest absolute Gasteiger partial charge is 0.462 e. The van der Waals surface area contributed by atoms with Crippen molar-refractivity contribution in [2.75, 3.05) is 11.9 Å². The molecule has 0 unspecified atom stereocenters. The normalized spacial score (nSPS) is 10.7. The van der Waals surface area contributed by atoms with E-state index in [9.17, 15) is 9.59 Å². The van der Waals surface area contributed by atoms with Crippen molar-refractivity contribution in [3.8, 4) is 11.4 Å². The van der Waals surface area contributed by atoms with Crippen molar-refractivity contribution < 1.29 is 14.3 Å². The molecule has 0 fully saturated rings. The van der Waals surface area contributed by atoms with Gasteiger partial charge in [0.1, 0.15) is 6.54 Å². The Kier molecular flexibility index (Phi) is 6.71. The van der Waals surface area contributed by atoms with Gasteiger partial charge in [-0.25, -0.2) is 14.2 Å². The summed E-state index contributed by atoms with van der Waals surface area (Å²) in [7, 11) is 0. The average Bonchev–Trinajstić information content (AvgIpc) is 3.43. The number of hydrogen-bond acceptors (Lipinski definition) is 5. The first-order chi connectivity index (χ1) is 16.0. The third kappa shape index (κ3) is 5.05. The highest BCUT2D eigenvalue weighted by atomic mass is 35.5. The molecular weight excluding hydrogens is 462 g/mol. The van der Waals surface area contributed by atoms with E-state index in [0.717, 1.165) is 5.56 Å². The summed E-state index contributed by atoms with van der Waals surface area (Å²) in [5, 5.41) is 8.00. The molecule has 168 valence electrons. The molecule has 0 aliphatic heterocycles. The van der Waals surface area contributed by atoms with E-state index in [-0.39, 0.29) is 12.5 Å². The van der Waals surface area contributed by atoms with Gasteiger partial charge in [-0.2, -0.15) is 0 Å². The van der Waals surface area contributed by atoms with Gasteiger partial charge in [0.05, 0.1) is 12.2 Å². The number of nitrogens with one attached hydrogen (secondary N) is 1. The zero-order valence-corrected chi connectivity index (χ0v) is 19.2. The molecule has 2 heterocycles. The number of ether oxygens (including phenoxy) is 1. The third-order valence-corrected chi connectivity index (χ3v) is 5.35. The fraction of sp³-hybridized carbons (Fsp3) is 0.130. The molecule has 0 atom stereocenters. The number of nitrogens with zero attached hydrogens (tertiary/aromatic N) is 4. The molecule has 0 aliphatic carbocycles. The molecule has 0 bridgehead atoms. The lowest BCUT2D eigenvalue weighted by atomic mass is 10.2. The highest BCUT2D eigenvalue weighted by Gasteiger charge is 2.16. The summed E-state index contributed by atoms with van der Waals surface area (Å²) in [4.78, 5) is 24.5. The van der Waals surface area contributed by atoms with Gasteiger partial charge in [-0.1, -0.05) is 11.6 Å². The van der Waals surface area contributed by atoms with Crippen LogP contribution in [0.25, 0.3) is 11.4 Å². The van der Waals surface area contributed by atoms with E-state index in [1.54, 1.807) is 52.7 Å². The molecule has 0 aliphatic rings. The van der Waals surface area contributed by atoms with Crippen molar-refractivity contribution >= 4 is 41.4 Å². The molecule has 8 nitrogen and oxygen atoms in total. The van der Waals surface area contributed by atoms with Gasteiger partial charge < -0.3 is 10.1 Å². The van der Waals surface area contributed by atoms with Crippen molar-refractivity contribution in [3.63, 3.8) is 0 Å². The van der Waals surface area contributed by atoms with Gasteiger partial charge in [-0.05, 0) is 79.8 Å². The van der Waals surface area contributed by atoms with Crippen LogP contribution in [0.1, 0.15) is 17.3 Å². The summed E-state index contributed by atoms with van der Waals surface area (Å²) in [6.45, 7) is 1.95. The second-order valence-electron chi connectivity index (χ2n) is 6.99. The predicted molar refractivity (Wildman–Crippen MR) is 128 cm³/mol. The van der Waals surface area contributed by atoms with Crippen molar-refractivity contribution in [1.82, 2.24) is 19.1 Å². The third-order valence-electron chi connectivity index (χ3n) is 4.71. The van der Waals surface area contributed by atoms with E-state index < -0.39 is 5.97 Å². The number of halogens is 1. The summed E-state index contributed by atoms with van der Waals surface area (Å²) in [6, 6.07) is 17.4. The quantitative estimate of drug-likeness (QED) is 0.306. The lowest BCUT2D eigenvalue weighted by Crippen LogP contribution is -2.20. The second-order valence-corrected chi connectivity index (χ2v) is 7.79. The first-order valence-corrected chi connectivity index (χ1v) is 10.9. The van der Waals surface area contributed by atoms with Crippen LogP contribution in [0.2, 0.25) is 5.02 Å².